The van der Waals surface area contributed by atoms with Crippen LogP contribution >= 0.6 is 24.0 Å². The highest BCUT2D eigenvalue weighted by molar-refractivity contribution is 7.98. The molecule has 2 aromatic heterocycles. The van der Waals surface area contributed by atoms with Crippen LogP contribution in [0.2, 0.25) is 0 Å². The van der Waals surface area contributed by atoms with Crippen molar-refractivity contribution in [3.63, 3.8) is 0 Å². The molecule has 0 saturated heterocycles. The smallest absolute Gasteiger partial charge is 0.340 e. The van der Waals surface area contributed by atoms with Crippen molar-refractivity contribution in [2.75, 3.05) is 43.6 Å². The van der Waals surface area contributed by atoms with Gasteiger partial charge in [0, 0.05) is 77.1 Å². The van der Waals surface area contributed by atoms with E-state index in [-0.39, 0.29) is 65.3 Å². The minimum atomic E-state index is -1.63. The number of imidazole rings is 1. The van der Waals surface area contributed by atoms with Crippen LogP contribution in [0.25, 0.3) is 10.9 Å². The summed E-state index contributed by atoms with van der Waals surface area (Å²) < 4.78 is 12.1. The minimum Gasteiger partial charge on any atom is -0.508 e. The summed E-state index contributed by atoms with van der Waals surface area (Å²) in [5.74, 6) is -11.3. The average molecular weight is 1530 g/mol. The van der Waals surface area contributed by atoms with Crippen molar-refractivity contribution in [3.05, 3.63) is 131 Å². The number of nitrogens with one attached hydrogen (secondary N) is 14. The van der Waals surface area contributed by atoms with Crippen molar-refractivity contribution in [1.29, 1.82) is 0 Å². The molecule has 0 fully saturated rings. The van der Waals surface area contributed by atoms with Crippen LogP contribution < -0.4 is 80.0 Å². The fourth-order valence-electron chi connectivity index (χ4n) is 12.0. The summed E-state index contributed by atoms with van der Waals surface area (Å²) in [5.41, 5.74) is 12.7. The number of aromatic amines is 2. The molecule has 6 aromatic rings. The number of phenols is 2. The van der Waals surface area contributed by atoms with Gasteiger partial charge in [-0.1, -0.05) is 52.0 Å². The van der Waals surface area contributed by atoms with Crippen LogP contribution in [0, 0.1) is 11.8 Å². The Kier molecular flexibility index (Phi) is 28.3. The number of H-pyrrole nitrogens is 2. The molecule has 8 atom stereocenters. The predicted molar refractivity (Wildman–Crippen MR) is 396 cm³/mol. The number of aromatic hydroxyl groups is 2. The Morgan fingerprint density at radius 2 is 1.19 bits per heavy atom. The molecule has 108 heavy (non-hydrogen) atoms. The third kappa shape index (κ3) is 21.4. The second kappa shape index (κ2) is 37.4. The SMILES string of the molecule is CSCC[C@@H](NC(=O)[C@H](CC(C)C)NC(=O)[C@H](Cc1c[nH]cn1)NC(=O)CNC(=O)[C@@H](NC(=O)[C@H](C)NC(=O)[C@H](Cc1c[nH]c2ccccc12)NC(=O)[C@H](CCC(N)=O)NC(=O)CNC(=O)[C@H](CO)NC(=O)CNC(=S)Nc1ccc2c(c1)C(=O)OC21c2ccc(O)cc2Oc2cc(O)ccc21)C(C)C)C(N)=O. The van der Waals surface area contributed by atoms with Gasteiger partial charge in [-0.15, -0.1) is 0 Å². The summed E-state index contributed by atoms with van der Waals surface area (Å²) in [6.07, 6.45) is 5.41. The lowest BCUT2D eigenvalue weighted by atomic mass is 9.77. The van der Waals surface area contributed by atoms with E-state index < -0.39 is 176 Å². The zero-order valence-corrected chi connectivity index (χ0v) is 61.3. The first-order valence-electron chi connectivity index (χ1n) is 34.3. The maximum atomic E-state index is 14.4. The third-order valence-corrected chi connectivity index (χ3v) is 18.3. The van der Waals surface area contributed by atoms with E-state index in [0.717, 1.165) is 0 Å². The molecule has 37 heteroatoms. The normalized spacial score (nSPS) is 14.5. The van der Waals surface area contributed by atoms with E-state index in [1.807, 2.05) is 20.1 Å². The van der Waals surface area contributed by atoms with Crippen LogP contribution in [0.5, 0.6) is 23.0 Å². The van der Waals surface area contributed by atoms with Crippen molar-refractivity contribution >= 4 is 123 Å². The van der Waals surface area contributed by atoms with Crippen LogP contribution in [0.4, 0.5) is 5.69 Å². The Bertz CT molecular complexity index is 4330. The highest BCUT2D eigenvalue weighted by Gasteiger charge is 2.54. The van der Waals surface area contributed by atoms with E-state index in [4.69, 9.17) is 33.2 Å². The number of thioether (sulfide) groups is 1. The standard InChI is InChI=1S/C71H87N17O18S2/c1-34(2)21-50(66(101)85-48(61(73)96)19-20-108-6)86-67(102)52(24-39-28-74-33-79-39)83-58(94)30-77-68(103)60(35(3)4)88-62(97)36(5)80-65(100)51(22-37-27-75-47-10-8-7-9-42(37)47)87-64(99)49(17-18-56(72)92)82-57(93)29-76-63(98)53(32-89)84-59(95)31-78-70(107)81-38-11-14-44-43(23-38)69(104)106-71(44)45-15-12-40(90)25-54(45)105-55-26-41(91)13-16-46(55)71/h7-16,23,25-28,33-36,48-53,60,75,89-91H,17-22,24,29-32H2,1-6H3,(H2,72,92)(H2,73,96)(H,74,79)(H,76,98)(H,77,103)(H,80,100)(H,82,93)(H,83,94)(H,84,95)(H,85,101)(H,86,102)(H,87,99)(H,88,97)(H2,78,81,107)/t36-,48+,49-,50-,51-,52-,53-,60-/m0/s1. The van der Waals surface area contributed by atoms with Crippen molar-refractivity contribution in [3.8, 4) is 23.0 Å². The second-order valence-corrected chi connectivity index (χ2v) is 27.8. The van der Waals surface area contributed by atoms with Gasteiger partial charge in [-0.3, -0.25) is 57.5 Å². The van der Waals surface area contributed by atoms with Gasteiger partial charge in [0.05, 0.1) is 43.8 Å². The highest BCUT2D eigenvalue weighted by atomic mass is 32.2. The number of anilines is 1. The molecule has 4 heterocycles. The van der Waals surface area contributed by atoms with Gasteiger partial charge >= 0.3 is 5.97 Å². The number of primary amides is 2. The average Bonchev–Trinajstić information content (AvgIpc) is 1.50. The Morgan fingerprint density at radius 1 is 0.611 bits per heavy atom. The molecule has 4 aromatic carbocycles. The molecule has 2 aliphatic rings. The summed E-state index contributed by atoms with van der Waals surface area (Å²) in [6, 6.07) is 9.37. The Labute approximate surface area is 628 Å². The zero-order valence-electron chi connectivity index (χ0n) is 59.7. The number of phenolic OH excluding ortho intramolecular Hbond substituents is 2. The molecule has 576 valence electrons. The first kappa shape index (κ1) is 81.8. The quantitative estimate of drug-likeness (QED) is 0.0164. The summed E-state index contributed by atoms with van der Waals surface area (Å²) in [6.45, 7) is 5.08. The highest BCUT2D eigenvalue weighted by Crippen LogP contribution is 2.57. The number of carbonyl (C=O) groups is 13. The van der Waals surface area contributed by atoms with E-state index >= 15 is 0 Å². The molecule has 0 unspecified atom stereocenters. The molecular formula is C71H87N17O18S2. The molecule has 21 N–H and O–H groups in total. The number of nitrogens with two attached hydrogens (primary N) is 2. The summed E-state index contributed by atoms with van der Waals surface area (Å²) in [7, 11) is 0. The van der Waals surface area contributed by atoms with Gasteiger partial charge < -0.3 is 110 Å². The monoisotopic (exact) mass is 1530 g/mol. The Morgan fingerprint density at radius 3 is 1.80 bits per heavy atom. The van der Waals surface area contributed by atoms with Crippen molar-refractivity contribution in [2.24, 2.45) is 23.3 Å². The molecular weight excluding hydrogens is 1440 g/mol. The van der Waals surface area contributed by atoms with Gasteiger partial charge in [0.1, 0.15) is 71.3 Å². The summed E-state index contributed by atoms with van der Waals surface area (Å²) in [5, 5.41) is 61.8. The second-order valence-electron chi connectivity index (χ2n) is 26.4. The number of aromatic nitrogens is 3. The number of aliphatic hydroxyl groups excluding tert-OH is 1. The number of nitrogens with zero attached hydrogens (tertiary/aromatic N) is 1. The number of aliphatic hydroxyl groups is 1. The number of hydrogen-bond acceptors (Lipinski definition) is 21. The van der Waals surface area contributed by atoms with Gasteiger partial charge in [0.2, 0.25) is 70.9 Å². The largest absolute Gasteiger partial charge is 0.508 e. The number of hydrogen-bond donors (Lipinski definition) is 19. The first-order chi connectivity index (χ1) is 51.4. The van der Waals surface area contributed by atoms with Crippen molar-refractivity contribution in [2.45, 2.75) is 127 Å². The summed E-state index contributed by atoms with van der Waals surface area (Å²) >= 11 is 6.86. The van der Waals surface area contributed by atoms with Crippen molar-refractivity contribution < 1.29 is 87.1 Å². The van der Waals surface area contributed by atoms with Crippen LogP contribution in [0.15, 0.2) is 97.6 Å². The number of thiocarbonyl (C=S) groups is 1. The third-order valence-electron chi connectivity index (χ3n) is 17.4. The minimum absolute atomic E-state index is 0.112. The number of para-hydroxylation sites is 1. The number of esters is 1. The molecule has 12 amide bonds. The fraction of sp³-hybridized carbons (Fsp3) is 0.394. The number of ether oxygens (including phenoxy) is 2. The summed E-state index contributed by atoms with van der Waals surface area (Å²) in [4.78, 5) is 186. The topological polar surface area (TPSA) is 542 Å². The van der Waals surface area contributed by atoms with Crippen molar-refractivity contribution in [1.82, 2.24) is 73.4 Å². The Hall–Kier alpha value is -11.9. The number of carbonyl (C=O) groups excluding carboxylic acids is 13. The molecule has 2 aliphatic heterocycles. The van der Waals surface area contributed by atoms with Crippen LogP contribution in [-0.2, 0) is 80.7 Å². The molecule has 35 nitrogen and oxygen atoms in total. The van der Waals surface area contributed by atoms with E-state index in [0.29, 0.717) is 50.3 Å². The van der Waals surface area contributed by atoms with Gasteiger partial charge in [-0.05, 0) is 110 Å². The number of fused-ring (bicyclic) bond motifs is 7. The predicted octanol–water partition coefficient (Wildman–Crippen LogP) is -1.03. The van der Waals surface area contributed by atoms with E-state index in [1.54, 1.807) is 68.6 Å². The van der Waals surface area contributed by atoms with Gasteiger partial charge in [0.15, 0.2) is 10.7 Å². The Balaban J connectivity index is 0.847. The molecule has 8 rings (SSSR count). The number of amides is 12. The molecule has 0 aliphatic carbocycles. The van der Waals surface area contributed by atoms with Crippen LogP contribution in [-0.4, -0.2) is 199 Å². The first-order valence-corrected chi connectivity index (χ1v) is 36.1. The van der Waals surface area contributed by atoms with E-state index in [1.165, 1.54) is 61.5 Å². The van der Waals surface area contributed by atoms with Crippen LogP contribution in [0.3, 0.4) is 0 Å². The van der Waals surface area contributed by atoms with E-state index in [9.17, 15) is 77.6 Å². The lowest BCUT2D eigenvalue weighted by molar-refractivity contribution is -0.135. The van der Waals surface area contributed by atoms with Gasteiger partial charge in [-0.2, -0.15) is 11.8 Å². The lowest BCUT2D eigenvalue weighted by Crippen LogP contribution is -2.59. The van der Waals surface area contributed by atoms with Gasteiger partial charge in [-0.25, -0.2) is 9.78 Å². The van der Waals surface area contributed by atoms with Gasteiger partial charge in [0.25, 0.3) is 0 Å². The van der Waals surface area contributed by atoms with Crippen LogP contribution in [0.1, 0.15) is 98.6 Å². The number of rotatable bonds is 37. The number of benzene rings is 4. The van der Waals surface area contributed by atoms with E-state index in [2.05, 4.69) is 78.8 Å². The maximum absolute atomic E-state index is 14.4. The maximum Gasteiger partial charge on any atom is 0.340 e. The molecule has 1 spiro atoms. The molecule has 0 saturated carbocycles. The zero-order chi connectivity index (χ0) is 78.7. The lowest BCUT2D eigenvalue weighted by Gasteiger charge is -2.36. The fourth-order valence-corrected chi connectivity index (χ4v) is 12.6. The molecule has 0 bridgehead atoms. The molecule has 0 radical (unpaired) electrons.